The van der Waals surface area contributed by atoms with Crippen LogP contribution in [0.4, 0.5) is 17.1 Å². The van der Waals surface area contributed by atoms with Crippen LogP contribution in [0, 0.1) is 13.8 Å². The van der Waals surface area contributed by atoms with Crippen molar-refractivity contribution in [2.75, 3.05) is 18.5 Å². The molecule has 154 valence electrons. The van der Waals surface area contributed by atoms with Gasteiger partial charge in [-0.3, -0.25) is 4.79 Å². The van der Waals surface area contributed by atoms with Gasteiger partial charge in [-0.1, -0.05) is 35.9 Å². The molecule has 0 bridgehead atoms. The first-order chi connectivity index (χ1) is 14.5. The van der Waals surface area contributed by atoms with Gasteiger partial charge < -0.3 is 14.8 Å². The number of nitrogens with zero attached hydrogens (tertiary/aromatic N) is 2. The molecule has 0 aliphatic rings. The molecule has 0 spiro atoms. The van der Waals surface area contributed by atoms with E-state index in [2.05, 4.69) is 15.5 Å². The molecule has 6 heteroatoms. The Hall–Kier alpha value is -3.67. The molecule has 0 atom stereocenters. The summed E-state index contributed by atoms with van der Waals surface area (Å²) in [4.78, 5) is 12.5. The molecule has 0 aliphatic heterocycles. The topological polar surface area (TPSA) is 72.3 Å². The van der Waals surface area contributed by atoms with E-state index in [1.54, 1.807) is 12.1 Å². The minimum absolute atomic E-state index is 0.146. The number of amides is 1. The Bertz CT molecular complexity index is 1030. The normalized spacial score (nSPS) is 10.8. The van der Waals surface area contributed by atoms with E-state index in [1.165, 1.54) is 0 Å². The fourth-order valence-electron chi connectivity index (χ4n) is 2.73. The fourth-order valence-corrected chi connectivity index (χ4v) is 2.73. The predicted molar refractivity (Wildman–Crippen MR) is 118 cm³/mol. The summed E-state index contributed by atoms with van der Waals surface area (Å²) in [7, 11) is 0. The van der Waals surface area contributed by atoms with Gasteiger partial charge in [0, 0.05) is 0 Å². The van der Waals surface area contributed by atoms with Gasteiger partial charge in [0.15, 0.2) is 18.1 Å². The van der Waals surface area contributed by atoms with Crippen molar-refractivity contribution in [2.24, 2.45) is 10.2 Å². The Kier molecular flexibility index (Phi) is 7.16. The molecule has 3 aromatic carbocycles. The summed E-state index contributed by atoms with van der Waals surface area (Å²) in [6, 6.07) is 20.6. The third-order valence-electron chi connectivity index (χ3n) is 4.24. The molecule has 1 N–H and O–H groups in total. The minimum atomic E-state index is -0.294. The third-order valence-corrected chi connectivity index (χ3v) is 4.24. The van der Waals surface area contributed by atoms with Gasteiger partial charge in [-0.2, -0.15) is 5.11 Å². The van der Waals surface area contributed by atoms with E-state index >= 15 is 0 Å². The second-order valence-electron chi connectivity index (χ2n) is 6.77. The van der Waals surface area contributed by atoms with Crippen LogP contribution in [-0.2, 0) is 4.79 Å². The molecule has 0 saturated heterocycles. The molecule has 0 aromatic heterocycles. The monoisotopic (exact) mass is 403 g/mol. The Labute approximate surface area is 176 Å². The van der Waals surface area contributed by atoms with Crippen LogP contribution in [0.15, 0.2) is 77.0 Å². The molecule has 0 aliphatic carbocycles. The average Bonchev–Trinajstić information content (AvgIpc) is 2.74. The lowest BCUT2D eigenvalue weighted by Crippen LogP contribution is -2.20. The predicted octanol–water partition coefficient (Wildman–Crippen LogP) is 6.14. The highest BCUT2D eigenvalue weighted by Crippen LogP contribution is 2.29. The van der Waals surface area contributed by atoms with Crippen molar-refractivity contribution >= 4 is 23.0 Å². The zero-order valence-corrected chi connectivity index (χ0v) is 17.4. The van der Waals surface area contributed by atoms with E-state index in [0.29, 0.717) is 29.5 Å². The fraction of sp³-hybridized carbons (Fsp3) is 0.208. The second kappa shape index (κ2) is 10.2. The molecule has 6 nitrogen and oxygen atoms in total. The first-order valence-electron chi connectivity index (χ1n) is 9.78. The molecular formula is C24H25N3O3. The number of carbonyl (C=O) groups excluding carboxylic acids is 1. The number of anilines is 1. The maximum atomic E-state index is 12.5. The summed E-state index contributed by atoms with van der Waals surface area (Å²) >= 11 is 0. The molecular weight excluding hydrogens is 378 g/mol. The highest BCUT2D eigenvalue weighted by atomic mass is 16.5. The largest absolute Gasteiger partial charge is 0.490 e. The number of carbonyl (C=O) groups is 1. The number of nitrogens with one attached hydrogen (secondary N) is 1. The SMILES string of the molecule is CCOc1ccccc1OCC(=O)Nc1ccc(C)cc1N=Nc1ccc(C)cc1. The van der Waals surface area contributed by atoms with Gasteiger partial charge in [0.25, 0.3) is 5.91 Å². The minimum Gasteiger partial charge on any atom is -0.490 e. The van der Waals surface area contributed by atoms with Crippen LogP contribution in [0.25, 0.3) is 0 Å². The van der Waals surface area contributed by atoms with Crippen LogP contribution in [0.5, 0.6) is 11.5 Å². The van der Waals surface area contributed by atoms with Crippen LogP contribution in [-0.4, -0.2) is 19.1 Å². The molecule has 0 radical (unpaired) electrons. The standard InChI is InChI=1S/C24H25N3O3/c1-4-29-22-7-5-6-8-23(22)30-16-24(28)25-20-14-11-18(3)15-21(20)27-26-19-12-9-17(2)10-13-19/h5-15H,4,16H2,1-3H3,(H,25,28). The molecule has 0 heterocycles. The van der Waals surface area contributed by atoms with E-state index < -0.39 is 0 Å². The average molecular weight is 403 g/mol. The summed E-state index contributed by atoms with van der Waals surface area (Å²) in [5, 5.41) is 11.5. The van der Waals surface area contributed by atoms with Crippen molar-refractivity contribution in [1.82, 2.24) is 0 Å². The summed E-state index contributed by atoms with van der Waals surface area (Å²) in [5.41, 5.74) is 4.08. The van der Waals surface area contributed by atoms with Gasteiger partial charge in [-0.15, -0.1) is 5.11 Å². The molecule has 3 aromatic rings. The second-order valence-corrected chi connectivity index (χ2v) is 6.77. The zero-order chi connectivity index (χ0) is 21.3. The van der Waals surface area contributed by atoms with E-state index in [1.807, 2.05) is 75.4 Å². The first kappa shape index (κ1) is 21.0. The van der Waals surface area contributed by atoms with Gasteiger partial charge in [0.1, 0.15) is 5.69 Å². The van der Waals surface area contributed by atoms with Gasteiger partial charge in [-0.05, 0) is 62.7 Å². The number of azo groups is 1. The molecule has 30 heavy (non-hydrogen) atoms. The molecule has 1 amide bonds. The van der Waals surface area contributed by atoms with E-state index in [4.69, 9.17) is 9.47 Å². The van der Waals surface area contributed by atoms with Gasteiger partial charge >= 0.3 is 0 Å². The van der Waals surface area contributed by atoms with Crippen LogP contribution >= 0.6 is 0 Å². The van der Waals surface area contributed by atoms with E-state index in [9.17, 15) is 4.79 Å². The quantitative estimate of drug-likeness (QED) is 0.460. The Balaban J connectivity index is 1.69. The number of benzene rings is 3. The van der Waals surface area contributed by atoms with Crippen LogP contribution < -0.4 is 14.8 Å². The van der Waals surface area contributed by atoms with Crippen molar-refractivity contribution in [3.8, 4) is 11.5 Å². The number of hydrogen-bond acceptors (Lipinski definition) is 5. The lowest BCUT2D eigenvalue weighted by Gasteiger charge is -2.12. The summed E-state index contributed by atoms with van der Waals surface area (Å²) in [5.74, 6) is 0.838. The summed E-state index contributed by atoms with van der Waals surface area (Å²) in [6.07, 6.45) is 0. The highest BCUT2D eigenvalue weighted by molar-refractivity contribution is 5.94. The Morgan fingerprint density at radius 3 is 2.23 bits per heavy atom. The van der Waals surface area contributed by atoms with Crippen molar-refractivity contribution in [3.05, 3.63) is 77.9 Å². The van der Waals surface area contributed by atoms with E-state index in [-0.39, 0.29) is 12.5 Å². The number of ether oxygens (including phenoxy) is 2. The molecule has 0 fully saturated rings. The van der Waals surface area contributed by atoms with Gasteiger partial charge in [0.2, 0.25) is 0 Å². The Morgan fingerprint density at radius 1 is 0.867 bits per heavy atom. The summed E-state index contributed by atoms with van der Waals surface area (Å²) < 4.78 is 11.2. The smallest absolute Gasteiger partial charge is 0.262 e. The van der Waals surface area contributed by atoms with Crippen molar-refractivity contribution in [2.45, 2.75) is 20.8 Å². The highest BCUT2D eigenvalue weighted by Gasteiger charge is 2.10. The molecule has 0 unspecified atom stereocenters. The van der Waals surface area contributed by atoms with Crippen molar-refractivity contribution in [3.63, 3.8) is 0 Å². The van der Waals surface area contributed by atoms with E-state index in [0.717, 1.165) is 16.8 Å². The molecule has 0 saturated carbocycles. The summed E-state index contributed by atoms with van der Waals surface area (Å²) in [6.45, 7) is 6.25. The lowest BCUT2D eigenvalue weighted by atomic mass is 10.2. The number of aryl methyl sites for hydroxylation is 2. The van der Waals surface area contributed by atoms with Crippen LogP contribution in [0.1, 0.15) is 18.1 Å². The van der Waals surface area contributed by atoms with Crippen molar-refractivity contribution in [1.29, 1.82) is 0 Å². The van der Waals surface area contributed by atoms with Crippen LogP contribution in [0.3, 0.4) is 0 Å². The van der Waals surface area contributed by atoms with Crippen molar-refractivity contribution < 1.29 is 14.3 Å². The Morgan fingerprint density at radius 2 is 1.53 bits per heavy atom. The maximum absolute atomic E-state index is 12.5. The van der Waals surface area contributed by atoms with Gasteiger partial charge in [0.05, 0.1) is 18.0 Å². The number of rotatable bonds is 8. The third kappa shape index (κ3) is 5.91. The van der Waals surface area contributed by atoms with Gasteiger partial charge in [-0.25, -0.2) is 0 Å². The zero-order valence-electron chi connectivity index (χ0n) is 17.4. The van der Waals surface area contributed by atoms with Crippen LogP contribution in [0.2, 0.25) is 0 Å². The maximum Gasteiger partial charge on any atom is 0.262 e. The first-order valence-corrected chi connectivity index (χ1v) is 9.78. The molecule has 3 rings (SSSR count). The lowest BCUT2D eigenvalue weighted by molar-refractivity contribution is -0.118. The number of hydrogen-bond donors (Lipinski definition) is 1. The number of para-hydroxylation sites is 2.